The van der Waals surface area contributed by atoms with Crippen molar-refractivity contribution < 1.29 is 103 Å². The van der Waals surface area contributed by atoms with Crippen molar-refractivity contribution in [1.29, 1.82) is 0 Å². The summed E-state index contributed by atoms with van der Waals surface area (Å²) in [5.74, 6) is -0.963. The molecule has 21 heteroatoms. The van der Waals surface area contributed by atoms with Gasteiger partial charge in [0.15, 0.2) is 11.7 Å². The molecule has 1 heterocycles. The van der Waals surface area contributed by atoms with E-state index in [2.05, 4.69) is 24.6 Å². The van der Waals surface area contributed by atoms with Gasteiger partial charge in [-0.05, 0) is 65.6 Å². The fourth-order valence-electron chi connectivity index (χ4n) is 4.20. The Morgan fingerprint density at radius 3 is 2.27 bits per heavy atom. The van der Waals surface area contributed by atoms with E-state index >= 15 is 0 Å². The maximum Gasteiger partial charge on any atom is 1.00 e. The molecule has 0 fully saturated rings. The van der Waals surface area contributed by atoms with Gasteiger partial charge in [-0.2, -0.15) is 4.37 Å². The van der Waals surface area contributed by atoms with Crippen LogP contribution in [0.5, 0.6) is 11.5 Å². The Morgan fingerprint density at radius 2 is 1.57 bits per heavy atom. The van der Waals surface area contributed by atoms with Gasteiger partial charge in [-0.3, -0.25) is 0 Å². The van der Waals surface area contributed by atoms with E-state index in [1.807, 2.05) is 0 Å². The summed E-state index contributed by atoms with van der Waals surface area (Å²) >= 11 is 0.949. The van der Waals surface area contributed by atoms with Gasteiger partial charge in [0, 0.05) is 17.5 Å². The largest absolute Gasteiger partial charge is 1.00 e. The van der Waals surface area contributed by atoms with Crippen LogP contribution in [0.3, 0.4) is 0 Å². The molecule has 0 radical (unpaired) electrons. The van der Waals surface area contributed by atoms with Gasteiger partial charge in [-0.15, -0.1) is 10.2 Å². The van der Waals surface area contributed by atoms with Crippen molar-refractivity contribution >= 4 is 69.1 Å². The number of phenols is 1. The van der Waals surface area contributed by atoms with Gasteiger partial charge in [-0.25, -0.2) is 30.0 Å². The van der Waals surface area contributed by atoms with Gasteiger partial charge in [0.1, 0.15) is 21.6 Å². The Kier molecular flexibility index (Phi) is 14.3. The van der Waals surface area contributed by atoms with Crippen molar-refractivity contribution in [3.8, 4) is 22.6 Å². The molecule has 0 bridgehead atoms. The van der Waals surface area contributed by atoms with E-state index in [9.17, 15) is 39.5 Å². The number of hydrogen-bond donors (Lipinski definition) is 3. The zero-order valence-corrected chi connectivity index (χ0v) is 33.1. The number of nitrogens with one attached hydrogen (secondary N) is 2. The number of aromatic nitrogens is 1. The van der Waals surface area contributed by atoms with E-state index in [1.54, 1.807) is 36.4 Å². The average Bonchev–Trinajstić information content (AvgIpc) is 3.43. The molecule has 4 aromatic carbocycles. The first-order chi connectivity index (χ1) is 22.2. The molecule has 0 atom stereocenters. The van der Waals surface area contributed by atoms with E-state index < -0.39 is 47.5 Å². The van der Waals surface area contributed by atoms with E-state index in [0.717, 1.165) is 23.7 Å². The predicted octanol–water partition coefficient (Wildman–Crippen LogP) is -1.73. The maximum absolute atomic E-state index is 12.7. The van der Waals surface area contributed by atoms with Crippen LogP contribution in [0.4, 0.5) is 16.4 Å². The third-order valence-corrected chi connectivity index (χ3v) is 10.2. The number of ether oxygens (including phenoxy) is 1. The van der Waals surface area contributed by atoms with Crippen molar-refractivity contribution in [3.63, 3.8) is 0 Å². The molecule has 0 saturated carbocycles. The van der Waals surface area contributed by atoms with Crippen LogP contribution in [0.1, 0.15) is 0 Å². The minimum atomic E-state index is -4.69. The standard InChI is InChI=1S/C28H25N5O10S4.2Na/c34-27-23(18-5-2-1-3-6-18)13-19(14-26(27)29-17-43-20-7-4-8-22(15-20)47(40,41)42)31-32-28-24-16-21(9-10-25(24)33-44-28)46(38,39)30-11-12-45(35,36)37;;/h1-10,13-16,29-30,34H,11-12,17H2,(H,35,36,37)(H,40,41,42);;/q;2*+1/p-2. The Bertz CT molecular complexity index is 2310. The van der Waals surface area contributed by atoms with Gasteiger partial charge in [0.25, 0.3) is 0 Å². The number of aromatic hydroxyl groups is 1. The zero-order chi connectivity index (χ0) is 33.8. The molecule has 0 unspecified atom stereocenters. The molecule has 0 spiro atoms. The quantitative estimate of drug-likeness (QED) is 0.0399. The first-order valence-electron chi connectivity index (χ1n) is 13.3. The summed E-state index contributed by atoms with van der Waals surface area (Å²) in [6.45, 7) is -0.836. The summed E-state index contributed by atoms with van der Waals surface area (Å²) in [7, 11) is -13.5. The molecule has 5 rings (SSSR count). The van der Waals surface area contributed by atoms with Crippen LogP contribution in [0.2, 0.25) is 0 Å². The first-order valence-corrected chi connectivity index (χ1v) is 18.5. The predicted molar refractivity (Wildman–Crippen MR) is 171 cm³/mol. The van der Waals surface area contributed by atoms with Crippen LogP contribution in [0.15, 0.2) is 105 Å². The zero-order valence-electron chi connectivity index (χ0n) is 25.8. The second-order valence-corrected chi connectivity index (χ2v) is 15.1. The summed E-state index contributed by atoms with van der Waals surface area (Å²) in [5.41, 5.74) is 1.91. The Hall–Kier alpha value is -2.50. The van der Waals surface area contributed by atoms with Crippen LogP contribution in [-0.4, -0.2) is 62.9 Å². The monoisotopic (exact) mass is 763 g/mol. The van der Waals surface area contributed by atoms with Crippen molar-refractivity contribution in [2.45, 2.75) is 9.79 Å². The van der Waals surface area contributed by atoms with Gasteiger partial charge in [0.2, 0.25) is 10.0 Å². The summed E-state index contributed by atoms with van der Waals surface area (Å²) < 4.78 is 104. The van der Waals surface area contributed by atoms with E-state index in [4.69, 9.17) is 4.74 Å². The Labute approximate surface area is 330 Å². The summed E-state index contributed by atoms with van der Waals surface area (Å²) in [5, 5.41) is 23.1. The number of anilines is 1. The molecule has 5 aromatic rings. The van der Waals surface area contributed by atoms with Crippen molar-refractivity contribution in [3.05, 3.63) is 84.9 Å². The van der Waals surface area contributed by atoms with Crippen LogP contribution in [0, 0.1) is 0 Å². The smallest absolute Gasteiger partial charge is 0.748 e. The molecule has 0 aliphatic heterocycles. The van der Waals surface area contributed by atoms with Gasteiger partial charge in [0.05, 0.1) is 42.6 Å². The Balaban J connectivity index is 0.00000325. The molecule has 246 valence electrons. The Morgan fingerprint density at radius 1 is 0.837 bits per heavy atom. The minimum Gasteiger partial charge on any atom is -0.748 e. The fourth-order valence-corrected chi connectivity index (χ4v) is 6.93. The normalized spacial score (nSPS) is 12.0. The number of benzene rings is 4. The number of azo groups is 1. The molecule has 3 N–H and O–H groups in total. The van der Waals surface area contributed by atoms with Gasteiger partial charge in [-0.1, -0.05) is 36.4 Å². The average molecular weight is 764 g/mol. The second-order valence-electron chi connectivity index (χ2n) is 9.68. The van der Waals surface area contributed by atoms with Crippen molar-refractivity contribution in [2.24, 2.45) is 10.2 Å². The van der Waals surface area contributed by atoms with Crippen molar-refractivity contribution in [2.75, 3.05) is 24.3 Å². The first kappa shape index (κ1) is 40.9. The molecule has 0 saturated heterocycles. The number of fused-ring (bicyclic) bond motifs is 1. The fraction of sp³-hybridized carbons (Fsp3) is 0.107. The van der Waals surface area contributed by atoms with Gasteiger partial charge >= 0.3 is 59.1 Å². The number of nitrogens with zero attached hydrogens (tertiary/aromatic N) is 3. The summed E-state index contributed by atoms with van der Waals surface area (Å²) in [4.78, 5) is -0.663. The van der Waals surface area contributed by atoms with E-state index in [-0.39, 0.29) is 98.6 Å². The molecular weight excluding hydrogens is 741 g/mol. The summed E-state index contributed by atoms with van der Waals surface area (Å²) in [6.07, 6.45) is 0. The molecule has 49 heavy (non-hydrogen) atoms. The molecule has 1 aromatic heterocycles. The minimum absolute atomic E-state index is 0. The molecular formula is C28H23N5Na2O10S4. The maximum atomic E-state index is 12.7. The van der Waals surface area contributed by atoms with Crippen LogP contribution in [-0.2, 0) is 30.3 Å². The van der Waals surface area contributed by atoms with Crippen LogP contribution in [0.25, 0.3) is 22.0 Å². The van der Waals surface area contributed by atoms with Crippen molar-refractivity contribution in [1.82, 2.24) is 9.10 Å². The molecule has 0 aliphatic rings. The SMILES string of the molecule is O=S(=O)([O-])CCNS(=O)(=O)c1ccc2nsc(N=Nc3cc(NCOc4cccc(S(=O)(=O)[O-])c4)c(O)c(-c4ccccc4)c3)c2c1.[Na+].[Na+]. The number of sulfonamides is 1. The summed E-state index contributed by atoms with van der Waals surface area (Å²) in [6, 6.07) is 21.0. The second kappa shape index (κ2) is 17.1. The topological polar surface area (TPSA) is 240 Å². The third kappa shape index (κ3) is 11.0. The molecule has 15 nitrogen and oxygen atoms in total. The molecule has 0 amide bonds. The number of phenolic OH excluding ortho intramolecular Hbond substituents is 1. The van der Waals surface area contributed by atoms with Gasteiger partial charge < -0.3 is 24.3 Å². The van der Waals surface area contributed by atoms with Crippen LogP contribution >= 0.6 is 11.5 Å². The third-order valence-electron chi connectivity index (χ3n) is 6.41. The number of hydrogen-bond acceptors (Lipinski definition) is 15. The van der Waals surface area contributed by atoms with E-state index in [1.165, 1.54) is 36.4 Å². The molecule has 0 aliphatic carbocycles. The van der Waals surface area contributed by atoms with Crippen LogP contribution < -0.4 is 73.9 Å². The van der Waals surface area contributed by atoms with E-state index in [0.29, 0.717) is 22.0 Å². The number of rotatable bonds is 13.